The highest BCUT2D eigenvalue weighted by Gasteiger charge is 2.22. The van der Waals surface area contributed by atoms with Crippen molar-refractivity contribution >= 4 is 52.1 Å². The molecule has 0 amide bonds. The van der Waals surface area contributed by atoms with E-state index in [1.54, 1.807) is 18.2 Å². The van der Waals surface area contributed by atoms with Gasteiger partial charge in [-0.3, -0.25) is 10.1 Å². The van der Waals surface area contributed by atoms with Crippen LogP contribution < -0.4 is 0 Å². The molecule has 0 radical (unpaired) electrons. The summed E-state index contributed by atoms with van der Waals surface area (Å²) in [7, 11) is 0. The highest BCUT2D eigenvalue weighted by Crippen LogP contribution is 2.43. The zero-order chi connectivity index (χ0) is 14.2. The van der Waals surface area contributed by atoms with Gasteiger partial charge in [0.15, 0.2) is 0 Å². The maximum Gasteiger partial charge on any atom is 0.295 e. The Bertz CT molecular complexity index is 673. The predicted octanol–water partition coefficient (Wildman–Crippen LogP) is 5.88. The molecule has 2 aromatic carbocycles. The molecule has 0 aliphatic carbocycles. The molecule has 0 saturated carbocycles. The lowest BCUT2D eigenvalue weighted by Crippen LogP contribution is -1.94. The summed E-state index contributed by atoms with van der Waals surface area (Å²) in [5, 5.41) is 11.7. The molecule has 0 heterocycles. The van der Waals surface area contributed by atoms with Crippen LogP contribution in [0.1, 0.15) is 0 Å². The summed E-state index contributed by atoms with van der Waals surface area (Å²) in [5.41, 5.74) is 0.482. The summed E-state index contributed by atoms with van der Waals surface area (Å²) in [5.74, 6) is 0. The van der Waals surface area contributed by atoms with Crippen LogP contribution in [0.3, 0.4) is 0 Å². The number of nitro benzene ring substituents is 1. The Labute approximate surface area is 128 Å². The van der Waals surface area contributed by atoms with Gasteiger partial charge in [0.2, 0.25) is 0 Å². The van der Waals surface area contributed by atoms with Crippen LogP contribution in [0.5, 0.6) is 0 Å². The van der Waals surface area contributed by atoms with E-state index in [0.29, 0.717) is 11.1 Å². The van der Waals surface area contributed by atoms with E-state index in [2.05, 4.69) is 0 Å². The average molecular weight is 337 g/mol. The Morgan fingerprint density at radius 2 is 1.53 bits per heavy atom. The van der Waals surface area contributed by atoms with Gasteiger partial charge in [0, 0.05) is 5.56 Å². The van der Waals surface area contributed by atoms with E-state index in [0.717, 1.165) is 0 Å². The van der Waals surface area contributed by atoms with Gasteiger partial charge in [-0.25, -0.2) is 0 Å². The quantitative estimate of drug-likeness (QED) is 0.390. The standard InChI is InChI=1S/C12H5Cl4NO2/c13-8-5-4-6(10(15)11(8)16)7-2-1-3-9(14)12(7)17(18)19/h1-5H. The Balaban J connectivity index is 2.77. The molecule has 0 spiro atoms. The number of hydrogen-bond acceptors (Lipinski definition) is 2. The Hall–Kier alpha value is -1.000. The number of hydrogen-bond donors (Lipinski definition) is 0. The lowest BCUT2D eigenvalue weighted by Gasteiger charge is -2.08. The summed E-state index contributed by atoms with van der Waals surface area (Å²) in [6.07, 6.45) is 0. The molecule has 0 bridgehead atoms. The second-order valence-corrected chi connectivity index (χ2v) is 5.19. The van der Waals surface area contributed by atoms with Crippen molar-refractivity contribution < 1.29 is 4.92 Å². The number of rotatable bonds is 2. The molecule has 0 fully saturated rings. The summed E-state index contributed by atoms with van der Waals surface area (Å²) < 4.78 is 0. The first-order valence-electron chi connectivity index (χ1n) is 5.00. The van der Waals surface area contributed by atoms with Gasteiger partial charge in [0.05, 0.1) is 25.6 Å². The fourth-order valence-corrected chi connectivity index (χ4v) is 2.53. The summed E-state index contributed by atoms with van der Waals surface area (Å²) in [6.45, 7) is 0. The molecule has 2 rings (SSSR count). The van der Waals surface area contributed by atoms with Crippen LogP contribution >= 0.6 is 46.4 Å². The minimum atomic E-state index is -0.559. The van der Waals surface area contributed by atoms with Crippen molar-refractivity contribution in [3.05, 3.63) is 60.5 Å². The summed E-state index contributed by atoms with van der Waals surface area (Å²) >= 11 is 23.7. The molecule has 3 nitrogen and oxygen atoms in total. The van der Waals surface area contributed by atoms with Crippen LogP contribution in [0.4, 0.5) is 5.69 Å². The number of nitrogens with zero attached hydrogens (tertiary/aromatic N) is 1. The zero-order valence-electron chi connectivity index (χ0n) is 9.16. The molecule has 98 valence electrons. The van der Waals surface area contributed by atoms with Crippen molar-refractivity contribution in [1.29, 1.82) is 0 Å². The summed E-state index contributed by atoms with van der Waals surface area (Å²) in [4.78, 5) is 10.5. The second kappa shape index (κ2) is 5.55. The van der Waals surface area contributed by atoms with Gasteiger partial charge in [0.25, 0.3) is 5.69 Å². The first-order chi connectivity index (χ1) is 8.93. The maximum atomic E-state index is 11.1. The van der Waals surface area contributed by atoms with Gasteiger partial charge in [-0.1, -0.05) is 58.5 Å². The third kappa shape index (κ3) is 2.65. The van der Waals surface area contributed by atoms with Crippen LogP contribution in [0.2, 0.25) is 20.1 Å². The molecule has 0 saturated heterocycles. The second-order valence-electron chi connectivity index (χ2n) is 3.62. The summed E-state index contributed by atoms with van der Waals surface area (Å²) in [6, 6.07) is 7.68. The third-order valence-corrected chi connectivity index (χ3v) is 4.09. The highest BCUT2D eigenvalue weighted by molar-refractivity contribution is 6.49. The SMILES string of the molecule is O=[N+]([O-])c1c(Cl)cccc1-c1ccc(Cl)c(Cl)c1Cl. The third-order valence-electron chi connectivity index (χ3n) is 2.49. The van der Waals surface area contributed by atoms with Crippen LogP contribution in [0.25, 0.3) is 11.1 Å². The van der Waals surface area contributed by atoms with E-state index in [1.165, 1.54) is 12.1 Å². The van der Waals surface area contributed by atoms with Crippen LogP contribution in [0.15, 0.2) is 30.3 Å². The minimum Gasteiger partial charge on any atom is -0.258 e. The molecule has 0 aromatic heterocycles. The molecular weight excluding hydrogens is 332 g/mol. The molecule has 19 heavy (non-hydrogen) atoms. The van der Waals surface area contributed by atoms with E-state index in [4.69, 9.17) is 46.4 Å². The molecule has 0 N–H and O–H groups in total. The smallest absolute Gasteiger partial charge is 0.258 e. The maximum absolute atomic E-state index is 11.1. The molecule has 0 atom stereocenters. The van der Waals surface area contributed by atoms with E-state index >= 15 is 0 Å². The topological polar surface area (TPSA) is 43.1 Å². The lowest BCUT2D eigenvalue weighted by molar-refractivity contribution is -0.384. The first kappa shape index (κ1) is 14.4. The molecule has 2 aromatic rings. The molecule has 0 aliphatic rings. The number of para-hydroxylation sites is 1. The molecule has 0 unspecified atom stereocenters. The average Bonchev–Trinajstić information content (AvgIpc) is 2.35. The normalized spacial score (nSPS) is 10.5. The highest BCUT2D eigenvalue weighted by atomic mass is 35.5. The number of benzene rings is 2. The van der Waals surface area contributed by atoms with Crippen LogP contribution in [0, 0.1) is 10.1 Å². The Morgan fingerprint density at radius 1 is 0.842 bits per heavy atom. The van der Waals surface area contributed by atoms with Crippen molar-refractivity contribution in [1.82, 2.24) is 0 Å². The van der Waals surface area contributed by atoms with Gasteiger partial charge >= 0.3 is 0 Å². The van der Waals surface area contributed by atoms with Crippen molar-refractivity contribution in [3.63, 3.8) is 0 Å². The fourth-order valence-electron chi connectivity index (χ4n) is 1.65. The van der Waals surface area contributed by atoms with Crippen molar-refractivity contribution in [3.8, 4) is 11.1 Å². The van der Waals surface area contributed by atoms with Crippen LogP contribution in [-0.4, -0.2) is 4.92 Å². The fraction of sp³-hybridized carbons (Fsp3) is 0. The Morgan fingerprint density at radius 3 is 2.16 bits per heavy atom. The zero-order valence-corrected chi connectivity index (χ0v) is 12.2. The number of nitro groups is 1. The van der Waals surface area contributed by atoms with Crippen LogP contribution in [-0.2, 0) is 0 Å². The van der Waals surface area contributed by atoms with Crippen molar-refractivity contribution in [2.75, 3.05) is 0 Å². The largest absolute Gasteiger partial charge is 0.295 e. The van der Waals surface area contributed by atoms with E-state index in [9.17, 15) is 10.1 Å². The van der Waals surface area contributed by atoms with Gasteiger partial charge < -0.3 is 0 Å². The van der Waals surface area contributed by atoms with Crippen molar-refractivity contribution in [2.45, 2.75) is 0 Å². The van der Waals surface area contributed by atoms with Gasteiger partial charge in [-0.2, -0.15) is 0 Å². The lowest BCUT2D eigenvalue weighted by atomic mass is 10.0. The predicted molar refractivity (Wildman–Crippen MR) is 78.6 cm³/mol. The molecule has 0 aliphatic heterocycles. The van der Waals surface area contributed by atoms with Gasteiger partial charge in [-0.15, -0.1) is 0 Å². The van der Waals surface area contributed by atoms with Gasteiger partial charge in [0.1, 0.15) is 5.02 Å². The van der Waals surface area contributed by atoms with Gasteiger partial charge in [-0.05, 0) is 18.2 Å². The number of halogens is 4. The minimum absolute atomic E-state index is 0.0321. The van der Waals surface area contributed by atoms with E-state index in [1.807, 2.05) is 0 Å². The van der Waals surface area contributed by atoms with E-state index < -0.39 is 4.92 Å². The monoisotopic (exact) mass is 335 g/mol. The van der Waals surface area contributed by atoms with E-state index in [-0.39, 0.29) is 25.8 Å². The Kier molecular flexibility index (Phi) is 4.21. The molecular formula is C12H5Cl4NO2. The molecule has 7 heteroatoms. The van der Waals surface area contributed by atoms with Crippen molar-refractivity contribution in [2.24, 2.45) is 0 Å². The first-order valence-corrected chi connectivity index (χ1v) is 6.51.